The summed E-state index contributed by atoms with van der Waals surface area (Å²) < 4.78 is 7.53. The van der Waals surface area contributed by atoms with E-state index in [2.05, 4.69) is 55.5 Å². The molecular weight excluding hydrogens is 362 g/mol. The number of carbonyl (C=O) groups excluding carboxylic acids is 1. The van der Waals surface area contributed by atoms with Gasteiger partial charge >= 0.3 is 6.09 Å². The van der Waals surface area contributed by atoms with Crippen LogP contribution in [0.3, 0.4) is 0 Å². The van der Waals surface area contributed by atoms with Crippen molar-refractivity contribution >= 4 is 6.09 Å². The van der Waals surface area contributed by atoms with Crippen LogP contribution in [0.5, 0.6) is 0 Å². The van der Waals surface area contributed by atoms with Crippen molar-refractivity contribution in [1.29, 1.82) is 0 Å². The summed E-state index contributed by atoms with van der Waals surface area (Å²) in [5, 5.41) is 4.82. The summed E-state index contributed by atoms with van der Waals surface area (Å²) in [5.41, 5.74) is 6.23. The maximum Gasteiger partial charge on any atom is 0.410 e. The van der Waals surface area contributed by atoms with Gasteiger partial charge in [0.2, 0.25) is 0 Å². The smallest absolute Gasteiger partial charge is 0.410 e. The molecule has 0 N–H and O–H groups in total. The van der Waals surface area contributed by atoms with Gasteiger partial charge in [-0.3, -0.25) is 4.68 Å². The molecule has 3 aromatic rings. The van der Waals surface area contributed by atoms with E-state index in [1.54, 1.807) is 4.90 Å². The van der Waals surface area contributed by atoms with Crippen molar-refractivity contribution in [3.05, 3.63) is 65.9 Å². The van der Waals surface area contributed by atoms with E-state index in [-0.39, 0.29) is 6.09 Å². The third-order valence-electron chi connectivity index (χ3n) is 5.14. The zero-order chi connectivity index (χ0) is 20.6. The largest absolute Gasteiger partial charge is 0.444 e. The molecule has 1 aliphatic rings. The number of benzene rings is 2. The number of carbonyl (C=O) groups is 1. The lowest BCUT2D eigenvalue weighted by Crippen LogP contribution is -2.41. The number of aromatic nitrogens is 2. The van der Waals surface area contributed by atoms with Crippen LogP contribution in [0.15, 0.2) is 54.6 Å². The summed E-state index contributed by atoms with van der Waals surface area (Å²) in [4.78, 5) is 14.2. The first-order chi connectivity index (χ1) is 13.8. The van der Waals surface area contributed by atoms with Gasteiger partial charge in [-0.2, -0.15) is 5.10 Å². The molecular formula is C24H27N3O2. The summed E-state index contributed by atoms with van der Waals surface area (Å²) in [7, 11) is 0. The Balaban J connectivity index is 1.61. The first kappa shape index (κ1) is 19.2. The van der Waals surface area contributed by atoms with Crippen molar-refractivity contribution in [2.45, 2.75) is 46.4 Å². The molecule has 1 aromatic heterocycles. The van der Waals surface area contributed by atoms with Crippen LogP contribution in [-0.4, -0.2) is 32.9 Å². The van der Waals surface area contributed by atoms with E-state index in [0.29, 0.717) is 19.6 Å². The lowest BCUT2D eigenvalue weighted by Gasteiger charge is -2.30. The second-order valence-corrected chi connectivity index (χ2v) is 8.49. The van der Waals surface area contributed by atoms with Gasteiger partial charge in [0, 0.05) is 12.1 Å². The summed E-state index contributed by atoms with van der Waals surface area (Å²) in [5.74, 6) is 0. The maximum absolute atomic E-state index is 12.4. The Bertz CT molecular complexity index is 1030. The zero-order valence-corrected chi connectivity index (χ0v) is 17.5. The lowest BCUT2D eigenvalue weighted by atomic mass is 9.95. The van der Waals surface area contributed by atoms with Gasteiger partial charge in [0.15, 0.2) is 0 Å². The highest BCUT2D eigenvalue weighted by atomic mass is 16.6. The van der Waals surface area contributed by atoms with Crippen LogP contribution in [0.25, 0.3) is 22.4 Å². The number of amides is 1. The Labute approximate surface area is 171 Å². The number of hydrogen-bond acceptors (Lipinski definition) is 3. The monoisotopic (exact) mass is 389 g/mol. The summed E-state index contributed by atoms with van der Waals surface area (Å²) in [6.45, 7) is 9.60. The number of ether oxygens (including phenoxy) is 1. The first-order valence-corrected chi connectivity index (χ1v) is 10.0. The highest BCUT2D eigenvalue weighted by Gasteiger charge is 2.27. The van der Waals surface area contributed by atoms with Crippen molar-refractivity contribution in [1.82, 2.24) is 14.7 Å². The topological polar surface area (TPSA) is 47.4 Å². The molecule has 29 heavy (non-hydrogen) atoms. The van der Waals surface area contributed by atoms with Gasteiger partial charge in [0.1, 0.15) is 5.60 Å². The standard InChI is InChI=1S/C24H27N3O2/c1-17-20(18-9-6-5-7-10-18)11-8-12-21(17)22-15-19-16-26(13-14-27(19)25-22)23(28)29-24(2,3)4/h5-12,15H,13-14,16H2,1-4H3. The quantitative estimate of drug-likeness (QED) is 0.599. The first-order valence-electron chi connectivity index (χ1n) is 10.0. The van der Waals surface area contributed by atoms with E-state index in [4.69, 9.17) is 9.84 Å². The van der Waals surface area contributed by atoms with Gasteiger partial charge in [0.05, 0.1) is 24.5 Å². The van der Waals surface area contributed by atoms with Gasteiger partial charge in [-0.15, -0.1) is 0 Å². The van der Waals surface area contributed by atoms with Crippen LogP contribution in [0.1, 0.15) is 32.0 Å². The second-order valence-electron chi connectivity index (χ2n) is 8.49. The third-order valence-corrected chi connectivity index (χ3v) is 5.14. The molecule has 150 valence electrons. The third kappa shape index (κ3) is 4.04. The Morgan fingerprint density at radius 1 is 1.00 bits per heavy atom. The number of fused-ring (bicyclic) bond motifs is 1. The lowest BCUT2D eigenvalue weighted by molar-refractivity contribution is 0.0194. The van der Waals surface area contributed by atoms with E-state index in [9.17, 15) is 4.79 Å². The maximum atomic E-state index is 12.4. The molecule has 5 heteroatoms. The van der Waals surface area contributed by atoms with Crippen molar-refractivity contribution < 1.29 is 9.53 Å². The fraction of sp³-hybridized carbons (Fsp3) is 0.333. The Kier molecular flexibility index (Phi) is 4.91. The van der Waals surface area contributed by atoms with Gasteiger partial charge < -0.3 is 9.64 Å². The summed E-state index contributed by atoms with van der Waals surface area (Å²) >= 11 is 0. The molecule has 0 aliphatic carbocycles. The zero-order valence-electron chi connectivity index (χ0n) is 17.5. The number of hydrogen-bond donors (Lipinski definition) is 0. The van der Waals surface area contributed by atoms with E-state index in [1.165, 1.54) is 16.7 Å². The second kappa shape index (κ2) is 7.39. The van der Waals surface area contributed by atoms with E-state index in [1.807, 2.05) is 31.5 Å². The predicted octanol–water partition coefficient (Wildman–Crippen LogP) is 5.28. The van der Waals surface area contributed by atoms with Crippen molar-refractivity contribution in [3.63, 3.8) is 0 Å². The molecule has 0 unspecified atom stereocenters. The van der Waals surface area contributed by atoms with Crippen molar-refractivity contribution in [2.24, 2.45) is 0 Å². The molecule has 0 atom stereocenters. The SMILES string of the molecule is Cc1c(-c2ccccc2)cccc1-c1cc2n(n1)CCN(C(=O)OC(C)(C)C)C2. The Hall–Kier alpha value is -3.08. The molecule has 0 saturated carbocycles. The molecule has 2 heterocycles. The van der Waals surface area contributed by atoms with E-state index < -0.39 is 5.60 Å². The fourth-order valence-electron chi connectivity index (χ4n) is 3.72. The molecule has 0 bridgehead atoms. The molecule has 1 amide bonds. The van der Waals surface area contributed by atoms with Crippen LogP contribution in [-0.2, 0) is 17.8 Å². The average Bonchev–Trinajstić information content (AvgIpc) is 3.10. The average molecular weight is 389 g/mol. The molecule has 1 aliphatic heterocycles. The van der Waals surface area contributed by atoms with Gasteiger partial charge in [0.25, 0.3) is 0 Å². The van der Waals surface area contributed by atoms with E-state index >= 15 is 0 Å². The highest BCUT2D eigenvalue weighted by Crippen LogP contribution is 2.32. The van der Waals surface area contributed by atoms with Gasteiger partial charge in [-0.1, -0.05) is 48.5 Å². The minimum absolute atomic E-state index is 0.270. The van der Waals surface area contributed by atoms with Crippen LogP contribution >= 0.6 is 0 Å². The van der Waals surface area contributed by atoms with Gasteiger partial charge in [-0.25, -0.2) is 4.79 Å². The number of rotatable bonds is 2. The molecule has 0 saturated heterocycles. The predicted molar refractivity (Wildman–Crippen MR) is 114 cm³/mol. The summed E-state index contributed by atoms with van der Waals surface area (Å²) in [6, 6.07) is 18.8. The van der Waals surface area contributed by atoms with Crippen molar-refractivity contribution in [3.8, 4) is 22.4 Å². The Morgan fingerprint density at radius 3 is 2.45 bits per heavy atom. The van der Waals surface area contributed by atoms with Crippen LogP contribution < -0.4 is 0 Å². The molecule has 5 nitrogen and oxygen atoms in total. The molecule has 4 rings (SSSR count). The minimum atomic E-state index is -0.491. The van der Waals surface area contributed by atoms with Crippen LogP contribution in [0, 0.1) is 6.92 Å². The van der Waals surface area contributed by atoms with E-state index in [0.717, 1.165) is 17.0 Å². The highest BCUT2D eigenvalue weighted by molar-refractivity contribution is 5.77. The van der Waals surface area contributed by atoms with Crippen LogP contribution in [0.2, 0.25) is 0 Å². The van der Waals surface area contributed by atoms with Crippen molar-refractivity contribution in [2.75, 3.05) is 6.54 Å². The summed E-state index contributed by atoms with van der Waals surface area (Å²) in [6.07, 6.45) is -0.270. The Morgan fingerprint density at radius 2 is 1.72 bits per heavy atom. The van der Waals surface area contributed by atoms with Gasteiger partial charge in [-0.05, 0) is 50.5 Å². The normalized spacial score (nSPS) is 13.9. The number of nitrogens with zero attached hydrogens (tertiary/aromatic N) is 3. The molecule has 0 fully saturated rings. The fourth-order valence-corrected chi connectivity index (χ4v) is 3.72. The van der Waals surface area contributed by atoms with Crippen LogP contribution in [0.4, 0.5) is 4.79 Å². The molecule has 0 radical (unpaired) electrons. The molecule has 0 spiro atoms. The molecule has 2 aromatic carbocycles. The minimum Gasteiger partial charge on any atom is -0.444 e.